The van der Waals surface area contributed by atoms with Crippen LogP contribution in [0.2, 0.25) is 0 Å². The first-order valence-corrected chi connectivity index (χ1v) is 9.55. The Morgan fingerprint density at radius 3 is 1.83 bits per heavy atom. The van der Waals surface area contributed by atoms with Gasteiger partial charge in [-0.2, -0.15) is 0 Å². The van der Waals surface area contributed by atoms with E-state index in [4.69, 9.17) is 10.8 Å². The molecule has 0 saturated heterocycles. The maximum atomic E-state index is 9.15. The van der Waals surface area contributed by atoms with Gasteiger partial charge < -0.3 is 10.8 Å². The molecule has 142 valence electrons. The highest BCUT2D eigenvalue weighted by Crippen LogP contribution is 2.15. The fourth-order valence-corrected chi connectivity index (χ4v) is 2.92. The zero-order valence-corrected chi connectivity index (χ0v) is 16.5. The highest BCUT2D eigenvalue weighted by Gasteiger charge is 2.15. The second kappa shape index (κ2) is 13.7. The van der Waals surface area contributed by atoms with Crippen molar-refractivity contribution < 1.29 is 6.53 Å². The van der Waals surface area contributed by atoms with E-state index in [9.17, 15) is 0 Å². The predicted octanol–water partition coefficient (Wildman–Crippen LogP) is 5.68. The molecular weight excluding hydrogens is 318 g/mol. The van der Waals surface area contributed by atoms with Gasteiger partial charge in [0.2, 0.25) is 0 Å². The van der Waals surface area contributed by atoms with Crippen LogP contribution in [0.25, 0.3) is 0 Å². The van der Waals surface area contributed by atoms with Gasteiger partial charge in [-0.05, 0) is 50.2 Å². The second-order valence-corrected chi connectivity index (χ2v) is 7.35. The molecule has 2 nitrogen and oxygen atoms in total. The molecule has 1 atom stereocenters. The number of aliphatic hydroxyl groups excluding tert-OH is 1. The topological polar surface area (TPSA) is 46.2 Å². The number of halogens is 1. The fraction of sp³-hybridized carbons (Fsp3) is 0.714. The number of benzene rings is 1. The zero-order valence-electron chi connectivity index (χ0n) is 15.7. The average Bonchev–Trinajstić information content (AvgIpc) is 2.56. The molecule has 0 aliphatic rings. The molecule has 0 heterocycles. The van der Waals surface area contributed by atoms with Crippen LogP contribution >= 0.6 is 12.4 Å². The van der Waals surface area contributed by atoms with E-state index in [0.717, 1.165) is 25.7 Å². The van der Waals surface area contributed by atoms with E-state index in [0.29, 0.717) is 0 Å². The monoisotopic (exact) mass is 357 g/mol. The van der Waals surface area contributed by atoms with E-state index in [-0.39, 0.29) is 20.4 Å². The van der Waals surface area contributed by atoms with E-state index >= 15 is 0 Å². The van der Waals surface area contributed by atoms with Crippen LogP contribution in [0.15, 0.2) is 24.3 Å². The lowest BCUT2D eigenvalue weighted by atomic mass is 9.95. The van der Waals surface area contributed by atoms with Crippen LogP contribution in [0.4, 0.5) is 0 Å². The molecule has 0 saturated carbocycles. The van der Waals surface area contributed by atoms with E-state index in [1.165, 1.54) is 56.1 Å². The number of hydrogen-bond acceptors (Lipinski definition) is 2. The molecule has 1 rings (SSSR count). The third-order valence-electron chi connectivity index (χ3n) is 4.67. The van der Waals surface area contributed by atoms with E-state index in [2.05, 4.69) is 31.2 Å². The first-order valence-electron chi connectivity index (χ1n) is 9.55. The second-order valence-electron chi connectivity index (χ2n) is 7.35. The molecule has 0 fully saturated rings. The van der Waals surface area contributed by atoms with Crippen LogP contribution < -0.4 is 5.73 Å². The summed E-state index contributed by atoms with van der Waals surface area (Å²) in [6.07, 6.45) is 13.6. The lowest BCUT2D eigenvalue weighted by molar-refractivity contribution is 0.197. The Kier molecular flexibility index (Phi) is 13.4. The number of rotatable bonds is 13. The predicted molar refractivity (Wildman–Crippen MR) is 110 cm³/mol. The molecule has 3 N–H and O–H groups in total. The molecule has 1 aromatic carbocycles. The van der Waals surface area contributed by atoms with Gasteiger partial charge in [0.15, 0.2) is 0 Å². The van der Waals surface area contributed by atoms with Crippen LogP contribution in [-0.4, -0.2) is 17.3 Å². The minimum atomic E-state index is -0.416. The molecule has 0 aromatic heterocycles. The van der Waals surface area contributed by atoms with Crippen LogP contribution in [0.3, 0.4) is 0 Å². The average molecular weight is 358 g/mol. The maximum Gasteiger partial charge on any atom is 0.0608 e. The molecule has 3 heteroatoms. The summed E-state index contributed by atoms with van der Waals surface area (Å²) in [5, 5.41) is 9.15. The zero-order chi connectivity index (χ0) is 17.0. The van der Waals surface area contributed by atoms with Gasteiger partial charge in [0.05, 0.1) is 6.61 Å². The highest BCUT2D eigenvalue weighted by atomic mass is 35.5. The first kappa shape index (κ1) is 23.4. The summed E-state index contributed by atoms with van der Waals surface area (Å²) in [6.45, 7) is 4.26. The van der Waals surface area contributed by atoms with Crippen molar-refractivity contribution in [1.29, 1.82) is 0 Å². The third kappa shape index (κ3) is 11.1. The summed E-state index contributed by atoms with van der Waals surface area (Å²) < 4.78 is 0. The molecule has 1 unspecified atom stereocenters. The SMILES string of the molecule is CCCCCCCCc1ccc(CCCCC(C)(N)CO)cc1.Cl.[HH]. The van der Waals surface area contributed by atoms with Crippen LogP contribution in [0, 0.1) is 0 Å². The van der Waals surface area contributed by atoms with Gasteiger partial charge in [0.1, 0.15) is 0 Å². The van der Waals surface area contributed by atoms with Crippen LogP contribution in [-0.2, 0) is 12.8 Å². The number of aliphatic hydroxyl groups is 1. The van der Waals surface area contributed by atoms with Crippen molar-refractivity contribution in [1.82, 2.24) is 0 Å². The quantitative estimate of drug-likeness (QED) is 0.446. The lowest BCUT2D eigenvalue weighted by Crippen LogP contribution is -2.39. The Morgan fingerprint density at radius 2 is 1.33 bits per heavy atom. The van der Waals surface area contributed by atoms with Crippen molar-refractivity contribution in [3.05, 3.63) is 35.4 Å². The van der Waals surface area contributed by atoms with Gasteiger partial charge in [0.25, 0.3) is 0 Å². The van der Waals surface area contributed by atoms with Crippen molar-refractivity contribution in [2.75, 3.05) is 6.61 Å². The highest BCUT2D eigenvalue weighted by molar-refractivity contribution is 5.85. The Labute approximate surface area is 157 Å². The summed E-state index contributed by atoms with van der Waals surface area (Å²) in [5.41, 5.74) is 8.42. The van der Waals surface area contributed by atoms with Gasteiger partial charge in [-0.15, -0.1) is 12.4 Å². The summed E-state index contributed by atoms with van der Waals surface area (Å²) >= 11 is 0. The summed E-state index contributed by atoms with van der Waals surface area (Å²) in [5.74, 6) is 0. The Bertz CT molecular complexity index is 409. The largest absolute Gasteiger partial charge is 0.394 e. The van der Waals surface area contributed by atoms with Gasteiger partial charge in [-0.1, -0.05) is 69.7 Å². The molecule has 0 aliphatic carbocycles. The summed E-state index contributed by atoms with van der Waals surface area (Å²) in [7, 11) is 0. The van der Waals surface area contributed by atoms with Crippen LogP contribution in [0.1, 0.15) is 84.2 Å². The van der Waals surface area contributed by atoms with E-state index < -0.39 is 5.54 Å². The van der Waals surface area contributed by atoms with Gasteiger partial charge in [0, 0.05) is 6.97 Å². The smallest absolute Gasteiger partial charge is 0.0608 e. The van der Waals surface area contributed by atoms with Crippen molar-refractivity contribution in [2.45, 2.75) is 90.0 Å². The molecule has 0 bridgehead atoms. The molecular formula is C21H40ClNO. The van der Waals surface area contributed by atoms with E-state index in [1.807, 2.05) is 6.92 Å². The Hall–Kier alpha value is -0.570. The molecule has 0 spiro atoms. The number of unbranched alkanes of at least 4 members (excludes halogenated alkanes) is 6. The normalized spacial score (nSPS) is 13.3. The first-order chi connectivity index (χ1) is 11.1. The van der Waals surface area contributed by atoms with Crippen molar-refractivity contribution in [3.63, 3.8) is 0 Å². The third-order valence-corrected chi connectivity index (χ3v) is 4.67. The Balaban J connectivity index is 0. The lowest BCUT2D eigenvalue weighted by Gasteiger charge is -2.21. The van der Waals surface area contributed by atoms with Crippen molar-refractivity contribution >= 4 is 12.4 Å². The Morgan fingerprint density at radius 1 is 0.875 bits per heavy atom. The number of aryl methyl sites for hydroxylation is 2. The molecule has 0 aliphatic heterocycles. The molecule has 0 radical (unpaired) electrons. The van der Waals surface area contributed by atoms with Gasteiger partial charge in [-0.25, -0.2) is 0 Å². The number of nitrogens with two attached hydrogens (primary N) is 1. The van der Waals surface area contributed by atoms with E-state index in [1.54, 1.807) is 0 Å². The van der Waals surface area contributed by atoms with Crippen LogP contribution in [0.5, 0.6) is 0 Å². The molecule has 1 aromatic rings. The fourth-order valence-electron chi connectivity index (χ4n) is 2.92. The number of hydrogen-bond donors (Lipinski definition) is 2. The van der Waals surface area contributed by atoms with Crippen molar-refractivity contribution in [3.8, 4) is 0 Å². The van der Waals surface area contributed by atoms with Gasteiger partial charge >= 0.3 is 0 Å². The van der Waals surface area contributed by atoms with Crippen molar-refractivity contribution in [2.24, 2.45) is 5.73 Å². The molecule has 0 amide bonds. The summed E-state index contributed by atoms with van der Waals surface area (Å²) in [6, 6.07) is 9.14. The maximum absolute atomic E-state index is 9.15. The summed E-state index contributed by atoms with van der Waals surface area (Å²) in [4.78, 5) is 0. The minimum Gasteiger partial charge on any atom is -0.394 e. The minimum absolute atomic E-state index is 0. The van der Waals surface area contributed by atoms with Gasteiger partial charge in [-0.3, -0.25) is 0 Å². The molecule has 24 heavy (non-hydrogen) atoms. The standard InChI is InChI=1S/C21H37NO.ClH.H2/c1-3-4-5-6-7-8-11-19-13-15-20(16-14-19)12-9-10-17-21(2,22)18-23;;/h13-16,23H,3-12,17-18,22H2,1-2H3;2*1H.